The number of halogens is 1. The Bertz CT molecular complexity index is 915. The SMILES string of the molecule is Cc1ccc2ncc(-c3noc(C4(F)CNCC4C4CC4)n3)n2c1. The molecule has 0 radical (unpaired) electrons. The van der Waals surface area contributed by atoms with Crippen LogP contribution in [0.25, 0.3) is 17.2 Å². The molecule has 2 atom stereocenters. The van der Waals surface area contributed by atoms with Crippen LogP contribution >= 0.6 is 0 Å². The Morgan fingerprint density at radius 3 is 3.08 bits per heavy atom. The van der Waals surface area contributed by atoms with Crippen LogP contribution in [0, 0.1) is 18.8 Å². The van der Waals surface area contributed by atoms with Crippen molar-refractivity contribution in [2.75, 3.05) is 13.1 Å². The number of aryl methyl sites for hydroxylation is 1. The zero-order chi connectivity index (χ0) is 16.3. The second-order valence-electron chi connectivity index (χ2n) is 6.94. The van der Waals surface area contributed by atoms with Gasteiger partial charge in [-0.3, -0.25) is 4.40 Å². The zero-order valence-electron chi connectivity index (χ0n) is 13.4. The van der Waals surface area contributed by atoms with Crippen molar-refractivity contribution in [3.05, 3.63) is 36.0 Å². The number of aromatic nitrogens is 4. The molecule has 0 spiro atoms. The van der Waals surface area contributed by atoms with Gasteiger partial charge in [-0.15, -0.1) is 0 Å². The number of imidazole rings is 1. The van der Waals surface area contributed by atoms with Gasteiger partial charge in [-0.25, -0.2) is 9.37 Å². The summed E-state index contributed by atoms with van der Waals surface area (Å²) in [6, 6.07) is 3.93. The molecule has 3 aromatic rings. The number of nitrogens with one attached hydrogen (secondary N) is 1. The molecule has 1 N–H and O–H groups in total. The maximum atomic E-state index is 15.6. The molecule has 2 fully saturated rings. The Labute approximate surface area is 138 Å². The third kappa shape index (κ3) is 2.00. The number of fused-ring (bicyclic) bond motifs is 1. The van der Waals surface area contributed by atoms with E-state index in [1.165, 1.54) is 0 Å². The first-order valence-corrected chi connectivity index (χ1v) is 8.33. The predicted octanol–water partition coefficient (Wildman–Crippen LogP) is 2.49. The summed E-state index contributed by atoms with van der Waals surface area (Å²) >= 11 is 0. The Hall–Kier alpha value is -2.28. The highest BCUT2D eigenvalue weighted by atomic mass is 19.1. The van der Waals surface area contributed by atoms with Gasteiger partial charge < -0.3 is 9.84 Å². The molecule has 0 amide bonds. The van der Waals surface area contributed by atoms with E-state index in [4.69, 9.17) is 4.52 Å². The topological polar surface area (TPSA) is 68.2 Å². The fourth-order valence-corrected chi connectivity index (χ4v) is 3.72. The largest absolute Gasteiger partial charge is 0.335 e. The van der Waals surface area contributed by atoms with E-state index < -0.39 is 5.67 Å². The second kappa shape index (κ2) is 4.86. The second-order valence-corrected chi connectivity index (χ2v) is 6.94. The smallest absolute Gasteiger partial charge is 0.266 e. The van der Waals surface area contributed by atoms with Crippen molar-refractivity contribution in [3.63, 3.8) is 0 Å². The van der Waals surface area contributed by atoms with Gasteiger partial charge in [0.05, 0.1) is 6.20 Å². The summed E-state index contributed by atoms with van der Waals surface area (Å²) < 4.78 is 22.8. The number of nitrogens with zero attached hydrogens (tertiary/aromatic N) is 4. The fourth-order valence-electron chi connectivity index (χ4n) is 3.72. The molecule has 1 aliphatic heterocycles. The lowest BCUT2D eigenvalue weighted by molar-refractivity contribution is 0.0708. The summed E-state index contributed by atoms with van der Waals surface area (Å²) in [6.45, 7) is 2.92. The monoisotopic (exact) mass is 327 g/mol. The normalized spacial score (nSPS) is 27.2. The van der Waals surface area contributed by atoms with Crippen molar-refractivity contribution >= 4 is 5.65 Å². The lowest BCUT2D eigenvalue weighted by atomic mass is 9.88. The first kappa shape index (κ1) is 14.1. The number of pyridine rings is 1. The number of hydrogen-bond donors (Lipinski definition) is 1. The quantitative estimate of drug-likeness (QED) is 0.800. The molecular formula is C17H18FN5O. The lowest BCUT2D eigenvalue weighted by Gasteiger charge is -2.21. The number of rotatable bonds is 3. The summed E-state index contributed by atoms with van der Waals surface area (Å²) in [5.74, 6) is 0.817. The van der Waals surface area contributed by atoms with Gasteiger partial charge in [0.15, 0.2) is 0 Å². The van der Waals surface area contributed by atoms with Crippen LogP contribution in [0.2, 0.25) is 0 Å². The molecule has 6 nitrogen and oxygen atoms in total. The highest BCUT2D eigenvalue weighted by Gasteiger charge is 2.55. The van der Waals surface area contributed by atoms with Gasteiger partial charge in [0.2, 0.25) is 11.5 Å². The molecule has 3 aromatic heterocycles. The van der Waals surface area contributed by atoms with Crippen LogP contribution in [0.1, 0.15) is 24.3 Å². The van der Waals surface area contributed by atoms with Crippen LogP contribution in [0.4, 0.5) is 4.39 Å². The minimum Gasteiger partial charge on any atom is -0.335 e. The van der Waals surface area contributed by atoms with Gasteiger partial charge >= 0.3 is 0 Å². The summed E-state index contributed by atoms with van der Waals surface area (Å²) in [5.41, 5.74) is 1.04. The number of hydrogen-bond acceptors (Lipinski definition) is 5. The first-order valence-electron chi connectivity index (χ1n) is 8.33. The van der Waals surface area contributed by atoms with Crippen molar-refractivity contribution in [3.8, 4) is 11.5 Å². The van der Waals surface area contributed by atoms with Crippen LogP contribution in [-0.2, 0) is 5.67 Å². The van der Waals surface area contributed by atoms with Crippen LogP contribution in [0.5, 0.6) is 0 Å². The molecule has 1 saturated carbocycles. The summed E-state index contributed by atoms with van der Waals surface area (Å²) in [7, 11) is 0. The molecular weight excluding hydrogens is 309 g/mol. The van der Waals surface area contributed by atoms with E-state index in [-0.39, 0.29) is 18.4 Å². The Morgan fingerprint density at radius 2 is 2.25 bits per heavy atom. The van der Waals surface area contributed by atoms with E-state index in [0.29, 0.717) is 24.0 Å². The highest BCUT2D eigenvalue weighted by molar-refractivity contribution is 5.56. The van der Waals surface area contributed by atoms with Gasteiger partial charge in [0.25, 0.3) is 5.89 Å². The maximum Gasteiger partial charge on any atom is 0.266 e. The van der Waals surface area contributed by atoms with E-state index in [0.717, 1.165) is 24.1 Å². The van der Waals surface area contributed by atoms with E-state index in [9.17, 15) is 0 Å². The summed E-state index contributed by atoms with van der Waals surface area (Å²) in [5, 5.41) is 7.17. The van der Waals surface area contributed by atoms with Crippen LogP contribution < -0.4 is 5.32 Å². The minimum absolute atomic E-state index is 0.0739. The zero-order valence-corrected chi connectivity index (χ0v) is 13.4. The van der Waals surface area contributed by atoms with E-state index in [2.05, 4.69) is 20.4 Å². The van der Waals surface area contributed by atoms with Crippen molar-refractivity contribution < 1.29 is 8.91 Å². The maximum absolute atomic E-state index is 15.6. The molecule has 2 unspecified atom stereocenters. The van der Waals surface area contributed by atoms with Gasteiger partial charge in [0, 0.05) is 25.2 Å². The van der Waals surface area contributed by atoms with Gasteiger partial charge in [-0.05, 0) is 37.3 Å². The molecule has 0 bridgehead atoms. The van der Waals surface area contributed by atoms with Gasteiger partial charge in [-0.2, -0.15) is 4.98 Å². The van der Waals surface area contributed by atoms with Crippen LogP contribution in [-0.4, -0.2) is 32.6 Å². The summed E-state index contributed by atoms with van der Waals surface area (Å²) in [4.78, 5) is 8.74. The van der Waals surface area contributed by atoms with Crippen LogP contribution in [0.3, 0.4) is 0 Å². The molecule has 4 heterocycles. The first-order chi connectivity index (χ1) is 11.6. The molecule has 1 saturated heterocycles. The molecule has 24 heavy (non-hydrogen) atoms. The van der Waals surface area contributed by atoms with Gasteiger partial charge in [-0.1, -0.05) is 11.2 Å². The predicted molar refractivity (Wildman–Crippen MR) is 85.1 cm³/mol. The Morgan fingerprint density at radius 1 is 1.38 bits per heavy atom. The summed E-state index contributed by atoms with van der Waals surface area (Å²) in [6.07, 6.45) is 5.83. The highest BCUT2D eigenvalue weighted by Crippen LogP contribution is 2.49. The van der Waals surface area contributed by atoms with Crippen molar-refractivity contribution in [2.24, 2.45) is 11.8 Å². The lowest BCUT2D eigenvalue weighted by Crippen LogP contribution is -2.31. The van der Waals surface area contributed by atoms with Crippen LogP contribution in [0.15, 0.2) is 29.0 Å². The molecule has 5 rings (SSSR count). The molecule has 1 aliphatic carbocycles. The van der Waals surface area contributed by atoms with Crippen molar-refractivity contribution in [2.45, 2.75) is 25.4 Å². The van der Waals surface area contributed by atoms with Crippen molar-refractivity contribution in [1.82, 2.24) is 24.8 Å². The Balaban J connectivity index is 1.56. The molecule has 124 valence electrons. The van der Waals surface area contributed by atoms with E-state index in [1.54, 1.807) is 6.20 Å². The molecule has 0 aromatic carbocycles. The third-order valence-corrected chi connectivity index (χ3v) is 5.19. The molecule has 7 heteroatoms. The van der Waals surface area contributed by atoms with E-state index >= 15 is 4.39 Å². The standard InChI is InChI=1S/C17H18FN5O/c1-10-2-5-14-20-7-13(23(14)8-10)15-21-16(24-22-15)17(18)9-19-6-12(17)11-3-4-11/h2,5,7-8,11-12,19H,3-4,6,9H2,1H3. The Kier molecular flexibility index (Phi) is 2.85. The average molecular weight is 327 g/mol. The van der Waals surface area contributed by atoms with Gasteiger partial charge in [0.1, 0.15) is 11.3 Å². The molecule has 2 aliphatic rings. The van der Waals surface area contributed by atoms with Crippen molar-refractivity contribution in [1.29, 1.82) is 0 Å². The minimum atomic E-state index is -1.57. The average Bonchev–Trinajstić information content (AvgIpc) is 2.98. The number of alkyl halides is 1. The third-order valence-electron chi connectivity index (χ3n) is 5.19. The van der Waals surface area contributed by atoms with E-state index in [1.807, 2.05) is 29.7 Å². The fraction of sp³-hybridized carbons (Fsp3) is 0.471.